The number of hydrogen-bond donors (Lipinski definition) is 1. The van der Waals surface area contributed by atoms with E-state index in [-0.39, 0.29) is 5.82 Å². The van der Waals surface area contributed by atoms with E-state index in [1.807, 2.05) is 18.2 Å². The van der Waals surface area contributed by atoms with Gasteiger partial charge in [0.2, 0.25) is 0 Å². The van der Waals surface area contributed by atoms with Crippen LogP contribution in [0.5, 0.6) is 0 Å². The summed E-state index contributed by atoms with van der Waals surface area (Å²) in [5.41, 5.74) is 4.30. The molecule has 0 bridgehead atoms. The van der Waals surface area contributed by atoms with Gasteiger partial charge in [-0.05, 0) is 36.4 Å². The smallest absolute Gasteiger partial charge is 0.155 e. The first-order chi connectivity index (χ1) is 10.8. The molecular formula is C17H11FN4. The maximum Gasteiger partial charge on any atom is 0.155 e. The highest BCUT2D eigenvalue weighted by Crippen LogP contribution is 2.30. The molecule has 22 heavy (non-hydrogen) atoms. The highest BCUT2D eigenvalue weighted by molar-refractivity contribution is 5.85. The van der Waals surface area contributed by atoms with Gasteiger partial charge in [0, 0.05) is 34.5 Å². The van der Waals surface area contributed by atoms with Gasteiger partial charge in [-0.25, -0.2) is 9.37 Å². The van der Waals surface area contributed by atoms with Crippen LogP contribution in [0.15, 0.2) is 61.1 Å². The Kier molecular flexibility index (Phi) is 2.89. The Balaban J connectivity index is 1.89. The summed E-state index contributed by atoms with van der Waals surface area (Å²) in [4.78, 5) is 8.81. The SMILES string of the molecule is Fc1ccc(-c2ncccc2-c2cnc3[nH]ncc3c2)cc1. The number of aromatic nitrogens is 4. The van der Waals surface area contributed by atoms with E-state index in [4.69, 9.17) is 0 Å². The topological polar surface area (TPSA) is 54.5 Å². The van der Waals surface area contributed by atoms with Crippen LogP contribution in [0, 0.1) is 5.82 Å². The fraction of sp³-hybridized carbons (Fsp3) is 0. The summed E-state index contributed by atoms with van der Waals surface area (Å²) in [6, 6.07) is 12.2. The highest BCUT2D eigenvalue weighted by Gasteiger charge is 2.10. The lowest BCUT2D eigenvalue weighted by atomic mass is 10.0. The number of halogens is 1. The largest absolute Gasteiger partial charge is 0.261 e. The summed E-state index contributed by atoms with van der Waals surface area (Å²) >= 11 is 0. The Labute approximate surface area is 125 Å². The van der Waals surface area contributed by atoms with Gasteiger partial charge in [-0.1, -0.05) is 6.07 Å². The van der Waals surface area contributed by atoms with Gasteiger partial charge in [-0.3, -0.25) is 10.1 Å². The molecule has 0 unspecified atom stereocenters. The second-order valence-electron chi connectivity index (χ2n) is 4.94. The predicted octanol–water partition coefficient (Wildman–Crippen LogP) is 3.83. The fourth-order valence-electron chi connectivity index (χ4n) is 2.46. The summed E-state index contributed by atoms with van der Waals surface area (Å²) < 4.78 is 13.1. The number of nitrogens with one attached hydrogen (secondary N) is 1. The number of aromatic amines is 1. The molecule has 0 aliphatic carbocycles. The maximum absolute atomic E-state index is 13.1. The molecule has 0 radical (unpaired) electrons. The van der Waals surface area contributed by atoms with Crippen LogP contribution in [0.2, 0.25) is 0 Å². The Morgan fingerprint density at radius 3 is 2.64 bits per heavy atom. The molecule has 4 nitrogen and oxygen atoms in total. The molecule has 106 valence electrons. The minimum Gasteiger partial charge on any atom is -0.261 e. The van der Waals surface area contributed by atoms with E-state index in [9.17, 15) is 4.39 Å². The van der Waals surface area contributed by atoms with Gasteiger partial charge in [0.15, 0.2) is 5.65 Å². The third-order valence-corrected chi connectivity index (χ3v) is 3.53. The van der Waals surface area contributed by atoms with Crippen molar-refractivity contribution in [3.05, 3.63) is 66.9 Å². The quantitative estimate of drug-likeness (QED) is 0.610. The van der Waals surface area contributed by atoms with Crippen LogP contribution in [-0.2, 0) is 0 Å². The lowest BCUT2D eigenvalue weighted by molar-refractivity contribution is 0.628. The van der Waals surface area contributed by atoms with Gasteiger partial charge in [-0.15, -0.1) is 0 Å². The van der Waals surface area contributed by atoms with E-state index >= 15 is 0 Å². The second kappa shape index (κ2) is 5.04. The van der Waals surface area contributed by atoms with Gasteiger partial charge in [0.25, 0.3) is 0 Å². The predicted molar refractivity (Wildman–Crippen MR) is 82.5 cm³/mol. The Hall–Kier alpha value is -3.08. The molecule has 0 aliphatic rings. The molecule has 0 atom stereocenters. The van der Waals surface area contributed by atoms with Crippen LogP contribution in [0.1, 0.15) is 0 Å². The normalized spacial score (nSPS) is 11.0. The Morgan fingerprint density at radius 1 is 0.909 bits per heavy atom. The van der Waals surface area contributed by atoms with Gasteiger partial charge in [0.05, 0.1) is 11.9 Å². The van der Waals surface area contributed by atoms with Crippen LogP contribution in [0.25, 0.3) is 33.4 Å². The summed E-state index contributed by atoms with van der Waals surface area (Å²) in [6.07, 6.45) is 5.25. The molecule has 1 aromatic carbocycles. The van der Waals surface area contributed by atoms with Crippen molar-refractivity contribution in [2.24, 2.45) is 0 Å². The molecule has 4 rings (SSSR count). The van der Waals surface area contributed by atoms with E-state index in [0.29, 0.717) is 0 Å². The number of benzene rings is 1. The summed E-state index contributed by atoms with van der Waals surface area (Å²) in [5.74, 6) is -0.261. The fourth-order valence-corrected chi connectivity index (χ4v) is 2.46. The van der Waals surface area contributed by atoms with E-state index in [2.05, 4.69) is 20.2 Å². The highest BCUT2D eigenvalue weighted by atomic mass is 19.1. The molecule has 0 fully saturated rings. The first-order valence-electron chi connectivity index (χ1n) is 6.82. The third kappa shape index (κ3) is 2.13. The number of pyridine rings is 2. The maximum atomic E-state index is 13.1. The van der Waals surface area contributed by atoms with Crippen LogP contribution >= 0.6 is 0 Å². The van der Waals surface area contributed by atoms with Crippen molar-refractivity contribution in [2.75, 3.05) is 0 Å². The summed E-state index contributed by atoms with van der Waals surface area (Å²) in [7, 11) is 0. The first-order valence-corrected chi connectivity index (χ1v) is 6.82. The van der Waals surface area contributed by atoms with Crippen LogP contribution < -0.4 is 0 Å². The van der Waals surface area contributed by atoms with E-state index in [0.717, 1.165) is 33.4 Å². The third-order valence-electron chi connectivity index (χ3n) is 3.53. The number of rotatable bonds is 2. The summed E-state index contributed by atoms with van der Waals surface area (Å²) in [6.45, 7) is 0. The average Bonchev–Trinajstić information content (AvgIpc) is 3.03. The van der Waals surface area contributed by atoms with Crippen molar-refractivity contribution in [1.82, 2.24) is 20.2 Å². The van der Waals surface area contributed by atoms with Crippen LogP contribution in [0.3, 0.4) is 0 Å². The zero-order valence-corrected chi connectivity index (χ0v) is 11.5. The molecule has 4 aromatic rings. The zero-order chi connectivity index (χ0) is 14.9. The van der Waals surface area contributed by atoms with Gasteiger partial charge in [0.1, 0.15) is 5.82 Å². The molecule has 5 heteroatoms. The minimum absolute atomic E-state index is 0.261. The van der Waals surface area contributed by atoms with Crippen molar-refractivity contribution in [3.63, 3.8) is 0 Å². The molecule has 0 saturated carbocycles. The molecule has 0 saturated heterocycles. The van der Waals surface area contributed by atoms with Crippen LogP contribution in [0.4, 0.5) is 4.39 Å². The lowest BCUT2D eigenvalue weighted by Gasteiger charge is -2.08. The molecule has 1 N–H and O–H groups in total. The van der Waals surface area contributed by atoms with E-state index in [1.165, 1.54) is 12.1 Å². The van der Waals surface area contributed by atoms with Crippen molar-refractivity contribution in [1.29, 1.82) is 0 Å². The first kappa shape index (κ1) is 12.6. The molecule has 3 aromatic heterocycles. The van der Waals surface area contributed by atoms with Gasteiger partial charge >= 0.3 is 0 Å². The Bertz CT molecular complexity index is 944. The number of H-pyrrole nitrogens is 1. The number of nitrogens with zero attached hydrogens (tertiary/aromatic N) is 3. The second-order valence-corrected chi connectivity index (χ2v) is 4.94. The van der Waals surface area contributed by atoms with Crippen molar-refractivity contribution >= 4 is 11.0 Å². The van der Waals surface area contributed by atoms with Crippen molar-refractivity contribution in [3.8, 4) is 22.4 Å². The van der Waals surface area contributed by atoms with Gasteiger partial charge in [-0.2, -0.15) is 5.10 Å². The number of fused-ring (bicyclic) bond motifs is 1. The van der Waals surface area contributed by atoms with E-state index < -0.39 is 0 Å². The molecule has 0 amide bonds. The summed E-state index contributed by atoms with van der Waals surface area (Å²) in [5, 5.41) is 7.75. The Morgan fingerprint density at radius 2 is 1.77 bits per heavy atom. The molecular weight excluding hydrogens is 279 g/mol. The molecule has 0 spiro atoms. The van der Waals surface area contributed by atoms with Crippen LogP contribution in [-0.4, -0.2) is 20.2 Å². The van der Waals surface area contributed by atoms with Crippen molar-refractivity contribution < 1.29 is 4.39 Å². The molecule has 3 heterocycles. The monoisotopic (exact) mass is 290 g/mol. The lowest BCUT2D eigenvalue weighted by Crippen LogP contribution is -1.90. The van der Waals surface area contributed by atoms with Crippen molar-refractivity contribution in [2.45, 2.75) is 0 Å². The molecule has 0 aliphatic heterocycles. The number of hydrogen-bond acceptors (Lipinski definition) is 3. The standard InChI is InChI=1S/C17H11FN4/c18-14-5-3-11(4-6-14)16-15(2-1-7-19-16)12-8-13-10-21-22-17(13)20-9-12/h1-10H,(H,20,21,22). The van der Waals surface area contributed by atoms with E-state index in [1.54, 1.807) is 30.7 Å². The van der Waals surface area contributed by atoms with Gasteiger partial charge < -0.3 is 0 Å². The average molecular weight is 290 g/mol. The minimum atomic E-state index is -0.261. The zero-order valence-electron chi connectivity index (χ0n) is 11.5.